The van der Waals surface area contributed by atoms with E-state index < -0.39 is 12.2 Å². The van der Waals surface area contributed by atoms with Crippen LogP contribution in [0.4, 0.5) is 0 Å². The number of rotatable bonds is 3. The van der Waals surface area contributed by atoms with Crippen molar-refractivity contribution in [2.75, 3.05) is 19.7 Å². The van der Waals surface area contributed by atoms with Gasteiger partial charge in [0.25, 0.3) is 0 Å². The molecule has 0 aromatic heterocycles. The lowest BCUT2D eigenvalue weighted by Gasteiger charge is -2.14. The van der Waals surface area contributed by atoms with Gasteiger partial charge in [-0.05, 0) is 17.7 Å². The van der Waals surface area contributed by atoms with Crippen molar-refractivity contribution in [1.82, 2.24) is 4.90 Å². The molecule has 2 atom stereocenters. The molecule has 1 aromatic carbocycles. The molecule has 0 saturated carbocycles. The number of hydrogen-bond acceptors (Lipinski definition) is 4. The second-order valence-electron chi connectivity index (χ2n) is 4.80. The van der Waals surface area contributed by atoms with Crippen LogP contribution in [-0.4, -0.2) is 52.1 Å². The van der Waals surface area contributed by atoms with Crippen LogP contribution in [0.1, 0.15) is 17.5 Å². The summed E-state index contributed by atoms with van der Waals surface area (Å²) in [6.45, 7) is 1.78. The third kappa shape index (κ3) is 4.05. The monoisotopic (exact) mass is 261 g/mol. The fraction of sp³-hybridized carbons (Fsp3) is 0.467. The summed E-state index contributed by atoms with van der Waals surface area (Å²) in [7, 11) is 0. The predicted molar refractivity (Wildman–Crippen MR) is 72.3 cm³/mol. The van der Waals surface area contributed by atoms with Crippen molar-refractivity contribution in [2.24, 2.45) is 0 Å². The maximum Gasteiger partial charge on any atom is 0.0938 e. The summed E-state index contributed by atoms with van der Waals surface area (Å²) in [5.41, 5.74) is 2.03. The van der Waals surface area contributed by atoms with E-state index in [0.29, 0.717) is 26.1 Å². The SMILES string of the molecule is OCCC#Cc1cccc(CN2CC(O)C(O)C2)c1. The largest absolute Gasteiger partial charge is 0.395 e. The molecular formula is C15H19NO3. The van der Waals surface area contributed by atoms with E-state index in [1.807, 2.05) is 29.2 Å². The van der Waals surface area contributed by atoms with E-state index in [-0.39, 0.29) is 6.61 Å². The standard InChI is InChI=1S/C15H19NO3/c17-7-2-1-4-12-5-3-6-13(8-12)9-16-10-14(18)15(19)11-16/h3,5-6,8,14-15,17-19H,2,7,9-11H2. The van der Waals surface area contributed by atoms with Gasteiger partial charge in [0.05, 0.1) is 18.8 Å². The molecule has 0 radical (unpaired) electrons. The Hall–Kier alpha value is -1.38. The first kappa shape index (κ1) is 14.0. The Labute approximate surface area is 113 Å². The molecule has 2 rings (SSSR count). The predicted octanol–water partition coefficient (Wildman–Crippen LogP) is -0.0421. The first-order valence-corrected chi connectivity index (χ1v) is 6.46. The van der Waals surface area contributed by atoms with E-state index in [1.165, 1.54) is 0 Å². The van der Waals surface area contributed by atoms with Crippen molar-refractivity contribution in [3.8, 4) is 11.8 Å². The van der Waals surface area contributed by atoms with E-state index >= 15 is 0 Å². The Morgan fingerprint density at radius 3 is 2.63 bits per heavy atom. The van der Waals surface area contributed by atoms with E-state index in [2.05, 4.69) is 11.8 Å². The molecule has 4 heteroatoms. The Balaban J connectivity index is 1.98. The lowest BCUT2D eigenvalue weighted by Crippen LogP contribution is -2.22. The van der Waals surface area contributed by atoms with Gasteiger partial charge in [0.1, 0.15) is 0 Å². The number of aliphatic hydroxyl groups excluding tert-OH is 3. The van der Waals surface area contributed by atoms with Gasteiger partial charge in [0.15, 0.2) is 0 Å². The van der Waals surface area contributed by atoms with Gasteiger partial charge in [-0.25, -0.2) is 0 Å². The molecule has 1 heterocycles. The highest BCUT2D eigenvalue weighted by atomic mass is 16.3. The number of nitrogens with zero attached hydrogens (tertiary/aromatic N) is 1. The van der Waals surface area contributed by atoms with Crippen molar-refractivity contribution in [2.45, 2.75) is 25.2 Å². The van der Waals surface area contributed by atoms with E-state index in [1.54, 1.807) is 0 Å². The molecule has 3 N–H and O–H groups in total. The molecule has 0 spiro atoms. The van der Waals surface area contributed by atoms with Crippen molar-refractivity contribution in [1.29, 1.82) is 0 Å². The van der Waals surface area contributed by atoms with E-state index in [4.69, 9.17) is 5.11 Å². The van der Waals surface area contributed by atoms with Crippen LogP contribution in [0, 0.1) is 11.8 Å². The van der Waals surface area contributed by atoms with Crippen molar-refractivity contribution < 1.29 is 15.3 Å². The van der Waals surface area contributed by atoms with Crippen LogP contribution in [0.5, 0.6) is 0 Å². The second-order valence-corrected chi connectivity index (χ2v) is 4.80. The topological polar surface area (TPSA) is 63.9 Å². The minimum Gasteiger partial charge on any atom is -0.395 e. The molecule has 1 saturated heterocycles. The van der Waals surface area contributed by atoms with Crippen LogP contribution >= 0.6 is 0 Å². The van der Waals surface area contributed by atoms with Crippen LogP contribution in [0.15, 0.2) is 24.3 Å². The molecule has 1 fully saturated rings. The number of hydrogen-bond donors (Lipinski definition) is 3. The van der Waals surface area contributed by atoms with E-state index in [9.17, 15) is 10.2 Å². The summed E-state index contributed by atoms with van der Waals surface area (Å²) in [6.07, 6.45) is -0.811. The van der Waals surface area contributed by atoms with Crippen LogP contribution in [0.2, 0.25) is 0 Å². The molecule has 1 aliphatic rings. The number of benzene rings is 1. The molecule has 102 valence electrons. The highest BCUT2D eigenvalue weighted by molar-refractivity contribution is 5.37. The summed E-state index contributed by atoms with van der Waals surface area (Å²) < 4.78 is 0. The Morgan fingerprint density at radius 1 is 1.21 bits per heavy atom. The van der Waals surface area contributed by atoms with Gasteiger partial charge in [0.2, 0.25) is 0 Å². The Kier molecular flexibility index (Phi) is 4.94. The summed E-state index contributed by atoms with van der Waals surface area (Å²) in [4.78, 5) is 2.02. The molecule has 0 bridgehead atoms. The number of likely N-dealkylation sites (tertiary alicyclic amines) is 1. The highest BCUT2D eigenvalue weighted by Crippen LogP contribution is 2.14. The van der Waals surface area contributed by atoms with Gasteiger partial charge >= 0.3 is 0 Å². The summed E-state index contributed by atoms with van der Waals surface area (Å²) in [6, 6.07) is 7.89. The third-order valence-electron chi connectivity index (χ3n) is 3.14. The minimum absolute atomic E-state index is 0.0796. The average Bonchev–Trinajstić information content (AvgIpc) is 2.69. The van der Waals surface area contributed by atoms with Crippen molar-refractivity contribution in [3.05, 3.63) is 35.4 Å². The molecule has 2 unspecified atom stereocenters. The molecule has 1 aliphatic heterocycles. The fourth-order valence-electron chi connectivity index (χ4n) is 2.20. The molecule has 4 nitrogen and oxygen atoms in total. The van der Waals surface area contributed by atoms with Gasteiger partial charge in [-0.15, -0.1) is 0 Å². The molecule has 0 amide bonds. The van der Waals surface area contributed by atoms with Crippen LogP contribution < -0.4 is 0 Å². The molecule has 1 aromatic rings. The summed E-state index contributed by atoms with van der Waals surface area (Å²) in [5, 5.41) is 27.7. The van der Waals surface area contributed by atoms with Crippen LogP contribution in [-0.2, 0) is 6.54 Å². The van der Waals surface area contributed by atoms with Gasteiger partial charge < -0.3 is 15.3 Å². The van der Waals surface area contributed by atoms with E-state index in [0.717, 1.165) is 11.1 Å². The molecule has 0 aliphatic carbocycles. The quantitative estimate of drug-likeness (QED) is 0.668. The normalized spacial score (nSPS) is 23.1. The summed E-state index contributed by atoms with van der Waals surface area (Å²) >= 11 is 0. The van der Waals surface area contributed by atoms with Crippen molar-refractivity contribution in [3.63, 3.8) is 0 Å². The maximum absolute atomic E-state index is 9.51. The highest BCUT2D eigenvalue weighted by Gasteiger charge is 2.29. The zero-order chi connectivity index (χ0) is 13.7. The van der Waals surface area contributed by atoms with Gasteiger partial charge in [-0.2, -0.15) is 0 Å². The lowest BCUT2D eigenvalue weighted by atomic mass is 10.1. The first-order chi connectivity index (χ1) is 9.19. The molecule has 19 heavy (non-hydrogen) atoms. The minimum atomic E-state index is -0.646. The van der Waals surface area contributed by atoms with Crippen LogP contribution in [0.3, 0.4) is 0 Å². The summed E-state index contributed by atoms with van der Waals surface area (Å²) in [5.74, 6) is 5.89. The molecular weight excluding hydrogens is 242 g/mol. The number of aliphatic hydroxyl groups is 3. The van der Waals surface area contributed by atoms with Gasteiger partial charge in [-0.1, -0.05) is 24.0 Å². The van der Waals surface area contributed by atoms with Gasteiger partial charge in [0, 0.05) is 31.6 Å². The average molecular weight is 261 g/mol. The Bertz CT molecular complexity index is 468. The van der Waals surface area contributed by atoms with Crippen LogP contribution in [0.25, 0.3) is 0 Å². The smallest absolute Gasteiger partial charge is 0.0938 e. The number of β-amino-alcohol motifs (C(OH)–C–C–N with tert-alkyl or cyclic N) is 2. The zero-order valence-electron chi connectivity index (χ0n) is 10.8. The van der Waals surface area contributed by atoms with Crippen molar-refractivity contribution >= 4 is 0 Å². The first-order valence-electron chi connectivity index (χ1n) is 6.46. The Morgan fingerprint density at radius 2 is 1.95 bits per heavy atom. The third-order valence-corrected chi connectivity index (χ3v) is 3.14. The van der Waals surface area contributed by atoms with Gasteiger partial charge in [-0.3, -0.25) is 4.90 Å². The fourth-order valence-corrected chi connectivity index (χ4v) is 2.20. The lowest BCUT2D eigenvalue weighted by molar-refractivity contribution is 0.0572. The zero-order valence-corrected chi connectivity index (χ0v) is 10.8. The second kappa shape index (κ2) is 6.69. The maximum atomic E-state index is 9.51.